The third-order valence-corrected chi connectivity index (χ3v) is 59.4. The van der Waals surface area contributed by atoms with Crippen molar-refractivity contribution >= 4 is 118 Å². The fourth-order valence-electron chi connectivity index (χ4n) is 39.2. The molecule has 0 radical (unpaired) electrons. The van der Waals surface area contributed by atoms with Gasteiger partial charge in [-0.25, -0.2) is 0 Å². The molecule has 0 N–H and O–H groups in total. The number of hydrogen-bond acceptors (Lipinski definition) is 16. The van der Waals surface area contributed by atoms with E-state index in [0.717, 1.165) is 293 Å². The summed E-state index contributed by atoms with van der Waals surface area (Å²) >= 11 is 15.8. The largest absolute Gasteiger partial charge is 0.462 e. The first kappa shape index (κ1) is 118. The third-order valence-electron chi connectivity index (χ3n) is 47.5. The van der Waals surface area contributed by atoms with Crippen LogP contribution in [-0.2, 0) is 38.1 Å². The standard InChI is InChI=1S/C134H212O8S8/c1-85(2)33-29-37-89(9)105-53-57-109-101-49-45-93-81-97(61-69-127(93,13)113(101)65-73-131(105,109)17)139-117(135)41-21-25-77-143-121-122(144-78-26-22-42-118(136)140-98-62-70-128(14)94(82-98)46-50-102-110-58-54-106(90(10)38-30-34-86(3)4)132(110,18)74-66-114(102)128)148-125(147-121)126-149-123(145-79-27-23-43-119(137)141-99-63-71-129(15)95(83-99)47-51-103-111-59-55-107(91(11)39-31-35-87(5)6)133(111,19)75-67-115(103)129)124(150-126)146-80-28-24-44-120(138)142-100-64-72-130(16)96(84-100)48-52-104-112-60-56-108(92(12)40-32-36-88(7)8)134(112,20)76-68-116(104)130/h45-48,85-92,97-116H,21-44,49-84H2,1-20H3/t89-,90-,91-,92-,97?,98?,99?,100?,101+,102+,103+,104+,105-,106-,107-,108-,109+,110+,111+,112+,113+,114+,115+,116+,127+,128+,129+,130+,131-,132-,133-,134-/m1/s1. The number of rotatable bonds is 48. The fourth-order valence-corrected chi connectivity index (χ4v) is 51.5. The van der Waals surface area contributed by atoms with Gasteiger partial charge in [0.15, 0.2) is 0 Å². The number of carbonyl (C=O) groups is 4. The molecule has 32 atom stereocenters. The molecule has 0 spiro atoms. The minimum atomic E-state index is -0.0135. The van der Waals surface area contributed by atoms with E-state index < -0.39 is 0 Å². The molecule has 0 amide bonds. The van der Waals surface area contributed by atoms with E-state index in [2.05, 4.69) is 163 Å². The van der Waals surface area contributed by atoms with Crippen LogP contribution in [0.25, 0.3) is 0 Å². The lowest BCUT2D eigenvalue weighted by Gasteiger charge is -2.58. The van der Waals surface area contributed by atoms with Gasteiger partial charge in [-0.2, -0.15) is 0 Å². The van der Waals surface area contributed by atoms with E-state index >= 15 is 0 Å². The molecule has 844 valence electrons. The molecule has 16 heteroatoms. The molecule has 4 unspecified atom stereocenters. The van der Waals surface area contributed by atoms with Gasteiger partial charge in [-0.15, -0.1) is 47.0 Å². The predicted octanol–water partition coefficient (Wildman–Crippen LogP) is 40.8. The van der Waals surface area contributed by atoms with Crippen LogP contribution in [0.15, 0.2) is 72.0 Å². The molecule has 12 saturated carbocycles. The van der Waals surface area contributed by atoms with Crippen molar-refractivity contribution in [3.8, 4) is 0 Å². The van der Waals surface area contributed by atoms with Gasteiger partial charge in [0.1, 0.15) is 24.4 Å². The second-order valence-corrected chi connectivity index (χ2v) is 68.0. The van der Waals surface area contributed by atoms with Gasteiger partial charge < -0.3 is 18.9 Å². The lowest BCUT2D eigenvalue weighted by Crippen LogP contribution is -2.51. The molecule has 150 heavy (non-hydrogen) atoms. The third kappa shape index (κ3) is 26.0. The Morgan fingerprint density at radius 1 is 0.267 bits per heavy atom. The summed E-state index contributed by atoms with van der Waals surface area (Å²) in [5.41, 5.74) is 9.25. The van der Waals surface area contributed by atoms with Crippen LogP contribution in [0.1, 0.15) is 498 Å². The quantitative estimate of drug-likeness (QED) is 0.0250. The van der Waals surface area contributed by atoms with Gasteiger partial charge in [-0.05, 0) is 440 Å². The van der Waals surface area contributed by atoms with Crippen molar-refractivity contribution in [2.45, 2.75) is 522 Å². The first-order chi connectivity index (χ1) is 71.8. The van der Waals surface area contributed by atoms with Gasteiger partial charge in [0.2, 0.25) is 0 Å². The normalized spacial score (nSPS) is 39.1. The summed E-state index contributed by atoms with van der Waals surface area (Å²) in [6, 6.07) is 0. The average molecular weight is 2210 g/mol. The lowest BCUT2D eigenvalue weighted by atomic mass is 9.47. The molecule has 0 aromatic rings. The zero-order chi connectivity index (χ0) is 106. The maximum absolute atomic E-state index is 14.1. The Labute approximate surface area is 950 Å². The van der Waals surface area contributed by atoms with E-state index in [1.54, 1.807) is 22.3 Å². The summed E-state index contributed by atoms with van der Waals surface area (Å²) in [6.07, 6.45) is 75.6. The van der Waals surface area contributed by atoms with Crippen LogP contribution in [-0.4, -0.2) is 71.3 Å². The van der Waals surface area contributed by atoms with E-state index in [4.69, 9.17) is 18.9 Å². The Bertz CT molecular complexity index is 4240. The minimum Gasteiger partial charge on any atom is -0.462 e. The van der Waals surface area contributed by atoms with Crippen LogP contribution in [0, 0.1) is 185 Å². The maximum atomic E-state index is 14.1. The molecule has 0 aromatic heterocycles. The van der Waals surface area contributed by atoms with Crippen LogP contribution in [0.5, 0.6) is 0 Å². The molecule has 18 aliphatic rings. The Kier molecular flexibility index (Phi) is 40.6. The van der Waals surface area contributed by atoms with Crippen LogP contribution in [0.3, 0.4) is 0 Å². The highest BCUT2D eigenvalue weighted by Crippen LogP contribution is 2.75. The first-order valence-electron chi connectivity index (χ1n) is 63.8. The van der Waals surface area contributed by atoms with Crippen molar-refractivity contribution in [2.24, 2.45) is 185 Å². The van der Waals surface area contributed by atoms with E-state index in [9.17, 15) is 19.2 Å². The van der Waals surface area contributed by atoms with Crippen LogP contribution < -0.4 is 0 Å². The van der Waals surface area contributed by atoms with Gasteiger partial charge in [0.25, 0.3) is 0 Å². The average Bonchev–Trinajstić information content (AvgIpc) is 1.63. The Balaban J connectivity index is 0.495. The van der Waals surface area contributed by atoms with Gasteiger partial charge in [0, 0.05) is 51.4 Å². The second-order valence-electron chi connectivity index (χ2n) is 57.9. The van der Waals surface area contributed by atoms with Gasteiger partial charge in [-0.3, -0.25) is 19.2 Å². The zero-order valence-corrected chi connectivity index (χ0v) is 105. The topological polar surface area (TPSA) is 105 Å². The lowest BCUT2D eigenvalue weighted by molar-refractivity contribution is -0.152. The number of thioether (sulfide) groups is 8. The second kappa shape index (κ2) is 51.5. The van der Waals surface area contributed by atoms with E-state index in [0.29, 0.717) is 47.3 Å². The van der Waals surface area contributed by atoms with E-state index in [1.165, 1.54) is 231 Å². The SMILES string of the molecule is CC(C)CCC[C@@H](C)[C@H]1CC[C@H]2[C@@H]3CC=C4CC(OC(=O)CCCCSC5=C(SCCCCC(=O)OC6CC[C@@]7(C)C(=CC[C@H]8[C@@H]9CC[C@H]([C@H](C)CCCC(C)C)[C@@]9(C)CC[C@@H]87)C6)SC(=C6SC(SCCCCC(=O)OC7CC[C@@]8(C)C(=CC[C@H]9[C@@H]%10CC[C@H]([C@H](C)CCCC(C)C)[C@@]%10(C)CC[C@@H]98)C7)=C(SCCCCC(=O)OC7CC[C@@]8(C)C(=CC[C@H]9[C@@H]%10CC[C@H]([C@H](C)CCCC(C)C)[C@@]%10(C)CC[C@@H]98)C7)S6)S5)CC[C@]4(C)[C@H]3CC[C@]12C. The highest BCUT2D eigenvalue weighted by molar-refractivity contribution is 8.45. The zero-order valence-electron chi connectivity index (χ0n) is 98.4. The van der Waals surface area contributed by atoms with Crippen molar-refractivity contribution in [2.75, 3.05) is 23.0 Å². The summed E-state index contributed by atoms with van der Waals surface area (Å²) < 4.78 is 34.3. The molecule has 0 aromatic carbocycles. The molecule has 0 bridgehead atoms. The molecule has 2 heterocycles. The summed E-state index contributed by atoms with van der Waals surface area (Å²) in [6.45, 7) is 50.9. The Morgan fingerprint density at radius 2 is 0.480 bits per heavy atom. The monoisotopic (exact) mass is 2210 g/mol. The molecule has 18 rings (SSSR count). The predicted molar refractivity (Wildman–Crippen MR) is 648 cm³/mol. The number of allylic oxidation sites excluding steroid dienone is 4. The van der Waals surface area contributed by atoms with Crippen molar-refractivity contribution in [3.05, 3.63) is 72.0 Å². The summed E-state index contributed by atoms with van der Waals surface area (Å²) in [4.78, 5) is 56.2. The number of ether oxygens (including phenoxy) is 4. The highest BCUT2D eigenvalue weighted by Gasteiger charge is 2.66. The first-order valence-corrected chi connectivity index (χ1v) is 71.0. The molecule has 16 aliphatic carbocycles. The number of esters is 4. The van der Waals surface area contributed by atoms with Crippen molar-refractivity contribution in [1.82, 2.24) is 0 Å². The smallest absolute Gasteiger partial charge is 0.306 e. The summed E-state index contributed by atoms with van der Waals surface area (Å²) in [7, 11) is 0. The van der Waals surface area contributed by atoms with Crippen LogP contribution in [0.2, 0.25) is 0 Å². The van der Waals surface area contributed by atoms with E-state index in [1.807, 2.05) is 94.1 Å². The van der Waals surface area contributed by atoms with Gasteiger partial charge in [0.05, 0.1) is 25.4 Å². The fraction of sp³-hybridized carbons (Fsp3) is 0.866. The summed E-state index contributed by atoms with van der Waals surface area (Å²) in [5, 5.41) is 0. The van der Waals surface area contributed by atoms with Crippen LogP contribution >= 0.6 is 94.1 Å². The van der Waals surface area contributed by atoms with Crippen molar-refractivity contribution in [3.63, 3.8) is 0 Å². The number of carbonyl (C=O) groups excluding carboxylic acids is 4. The maximum Gasteiger partial charge on any atom is 0.306 e. The van der Waals surface area contributed by atoms with Gasteiger partial charge in [-0.1, -0.05) is 309 Å². The molecular formula is C134H212O8S8. The molecule has 8 nitrogen and oxygen atoms in total. The van der Waals surface area contributed by atoms with Crippen LogP contribution in [0.4, 0.5) is 0 Å². The highest BCUT2D eigenvalue weighted by atomic mass is 32.3. The number of hydrogen-bond donors (Lipinski definition) is 0. The Hall–Kier alpha value is -1.14. The van der Waals surface area contributed by atoms with Crippen molar-refractivity contribution < 1.29 is 38.1 Å². The van der Waals surface area contributed by atoms with Crippen molar-refractivity contribution in [1.29, 1.82) is 0 Å². The van der Waals surface area contributed by atoms with E-state index in [-0.39, 0.29) is 70.0 Å². The summed E-state index contributed by atoms with van der Waals surface area (Å²) in [5.74, 6) is 23.3. The number of fused-ring (bicyclic) bond motifs is 20. The minimum absolute atomic E-state index is 0.0132. The van der Waals surface area contributed by atoms with Gasteiger partial charge >= 0.3 is 23.9 Å². The number of unbranched alkanes of at least 4 members (excludes halogenated alkanes) is 4. The molecule has 2 aliphatic heterocycles. The molecule has 0 saturated heterocycles. The Morgan fingerprint density at radius 3 is 0.687 bits per heavy atom. The molecular weight excluding hydrogens is 1990 g/mol. The molecule has 12 fully saturated rings.